The van der Waals surface area contributed by atoms with Crippen molar-refractivity contribution in [2.45, 2.75) is 13.3 Å². The highest BCUT2D eigenvalue weighted by Crippen LogP contribution is 2.26. The Hall–Kier alpha value is -1.22. The lowest BCUT2D eigenvalue weighted by molar-refractivity contribution is 0.238. The van der Waals surface area contributed by atoms with Gasteiger partial charge in [0.1, 0.15) is 0 Å². The summed E-state index contributed by atoms with van der Waals surface area (Å²) in [6, 6.07) is 6.13. The van der Waals surface area contributed by atoms with Crippen LogP contribution in [0.1, 0.15) is 12.0 Å². The Morgan fingerprint density at radius 1 is 1.47 bits per heavy atom. The maximum absolute atomic E-state index is 9.09. The lowest BCUT2D eigenvalue weighted by atomic mass is 10.1. The van der Waals surface area contributed by atoms with Gasteiger partial charge in [0.15, 0.2) is 0 Å². The molecule has 1 aromatic rings. The van der Waals surface area contributed by atoms with Gasteiger partial charge in [-0.1, -0.05) is 0 Å². The number of hydrogen-bond acceptors (Lipinski definition) is 3. The summed E-state index contributed by atoms with van der Waals surface area (Å²) in [5.41, 5.74) is 9.01. The van der Waals surface area contributed by atoms with Crippen LogP contribution in [0.25, 0.3) is 0 Å². The largest absolute Gasteiger partial charge is 0.399 e. The van der Waals surface area contributed by atoms with Gasteiger partial charge in [0.2, 0.25) is 0 Å². The highest BCUT2D eigenvalue weighted by molar-refractivity contribution is 5.58. The molecule has 0 amide bonds. The molecule has 3 N–H and O–H groups in total. The van der Waals surface area contributed by atoms with E-state index >= 15 is 0 Å². The summed E-state index contributed by atoms with van der Waals surface area (Å²) in [5, 5.41) is 9.09. The van der Waals surface area contributed by atoms with Crippen molar-refractivity contribution in [3.8, 4) is 0 Å². The Morgan fingerprint density at radius 2 is 2.27 bits per heavy atom. The van der Waals surface area contributed by atoms with Crippen molar-refractivity contribution in [2.75, 3.05) is 30.3 Å². The minimum atomic E-state index is 0.289. The van der Waals surface area contributed by atoms with Crippen molar-refractivity contribution in [1.29, 1.82) is 0 Å². The molecular weight excluding hydrogens is 188 g/mol. The average molecular weight is 206 g/mol. The van der Waals surface area contributed by atoms with E-state index in [0.717, 1.165) is 25.2 Å². The molecule has 0 saturated carbocycles. The Bertz CT molecular complexity index is 331. The van der Waals surface area contributed by atoms with Crippen LogP contribution >= 0.6 is 0 Å². The molecule has 1 aromatic carbocycles. The third-order valence-corrected chi connectivity index (χ3v) is 2.99. The lowest BCUT2D eigenvalue weighted by Crippen LogP contribution is -2.20. The highest BCUT2D eigenvalue weighted by atomic mass is 16.3. The normalized spacial score (nSPS) is 20.9. The minimum absolute atomic E-state index is 0.289. The first-order valence-corrected chi connectivity index (χ1v) is 5.42. The number of aryl methyl sites for hydroxylation is 1. The van der Waals surface area contributed by atoms with Gasteiger partial charge in [0.05, 0.1) is 0 Å². The smallest absolute Gasteiger partial charge is 0.0476 e. The summed E-state index contributed by atoms with van der Waals surface area (Å²) in [6.45, 7) is 4.31. The summed E-state index contributed by atoms with van der Waals surface area (Å²) >= 11 is 0. The summed E-state index contributed by atoms with van der Waals surface area (Å²) in [6.07, 6.45) is 1.07. The summed E-state index contributed by atoms with van der Waals surface area (Å²) in [5.74, 6) is 0.423. The Labute approximate surface area is 90.5 Å². The second-order valence-electron chi connectivity index (χ2n) is 4.39. The van der Waals surface area contributed by atoms with E-state index in [1.54, 1.807) is 0 Å². The molecule has 82 valence electrons. The number of aliphatic hydroxyl groups excluding tert-OH is 1. The molecule has 0 aromatic heterocycles. The van der Waals surface area contributed by atoms with E-state index in [1.165, 1.54) is 11.3 Å². The van der Waals surface area contributed by atoms with Crippen LogP contribution in [0.5, 0.6) is 0 Å². The predicted octanol–water partition coefficient (Wildman–Crippen LogP) is 1.40. The SMILES string of the molecule is Cc1cc(N)cc(N2CCC(CO)C2)c1. The van der Waals surface area contributed by atoms with Crippen LogP contribution < -0.4 is 10.6 Å². The third kappa shape index (κ3) is 2.23. The second kappa shape index (κ2) is 4.11. The Morgan fingerprint density at radius 3 is 2.87 bits per heavy atom. The van der Waals surface area contributed by atoms with Crippen LogP contribution in [0.2, 0.25) is 0 Å². The molecule has 1 fully saturated rings. The zero-order valence-electron chi connectivity index (χ0n) is 9.11. The van der Waals surface area contributed by atoms with Gasteiger partial charge in [-0.25, -0.2) is 0 Å². The van der Waals surface area contributed by atoms with E-state index in [-0.39, 0.29) is 6.61 Å². The van der Waals surface area contributed by atoms with Gasteiger partial charge in [-0.05, 0) is 37.1 Å². The summed E-state index contributed by atoms with van der Waals surface area (Å²) in [4.78, 5) is 2.30. The quantitative estimate of drug-likeness (QED) is 0.719. The molecule has 1 aliphatic heterocycles. The third-order valence-electron chi connectivity index (χ3n) is 2.99. The molecule has 3 nitrogen and oxygen atoms in total. The molecule has 2 rings (SSSR count). The fourth-order valence-corrected chi connectivity index (χ4v) is 2.19. The van der Waals surface area contributed by atoms with Gasteiger partial charge in [-0.2, -0.15) is 0 Å². The number of aliphatic hydroxyl groups is 1. The molecule has 1 unspecified atom stereocenters. The Kier molecular flexibility index (Phi) is 2.82. The van der Waals surface area contributed by atoms with E-state index in [9.17, 15) is 0 Å². The van der Waals surface area contributed by atoms with Crippen LogP contribution in [-0.4, -0.2) is 24.8 Å². The zero-order chi connectivity index (χ0) is 10.8. The number of benzene rings is 1. The number of anilines is 2. The highest BCUT2D eigenvalue weighted by Gasteiger charge is 2.21. The zero-order valence-corrected chi connectivity index (χ0v) is 9.11. The molecule has 3 heteroatoms. The maximum atomic E-state index is 9.09. The van der Waals surface area contributed by atoms with Crippen LogP contribution in [-0.2, 0) is 0 Å². The minimum Gasteiger partial charge on any atom is -0.399 e. The summed E-state index contributed by atoms with van der Waals surface area (Å²) in [7, 11) is 0. The molecule has 1 heterocycles. The standard InChI is InChI=1S/C12H18N2O/c1-9-4-11(13)6-12(5-9)14-3-2-10(7-14)8-15/h4-6,10,15H,2-3,7-8,13H2,1H3. The van der Waals surface area contributed by atoms with Crippen molar-refractivity contribution < 1.29 is 5.11 Å². The molecule has 0 aliphatic carbocycles. The molecule has 0 bridgehead atoms. The topological polar surface area (TPSA) is 49.5 Å². The molecule has 1 atom stereocenters. The van der Waals surface area contributed by atoms with Crippen molar-refractivity contribution in [2.24, 2.45) is 5.92 Å². The van der Waals surface area contributed by atoms with Crippen LogP contribution in [0.15, 0.2) is 18.2 Å². The fraction of sp³-hybridized carbons (Fsp3) is 0.500. The lowest BCUT2D eigenvalue weighted by Gasteiger charge is -2.19. The van der Waals surface area contributed by atoms with E-state index in [1.807, 2.05) is 12.1 Å². The van der Waals surface area contributed by atoms with Crippen LogP contribution in [0.4, 0.5) is 11.4 Å². The molecule has 0 radical (unpaired) electrons. The van der Waals surface area contributed by atoms with Crippen LogP contribution in [0, 0.1) is 12.8 Å². The molecule has 0 spiro atoms. The van der Waals surface area contributed by atoms with Gasteiger partial charge in [-0.3, -0.25) is 0 Å². The van der Waals surface area contributed by atoms with Gasteiger partial charge in [0.25, 0.3) is 0 Å². The van der Waals surface area contributed by atoms with Crippen molar-refractivity contribution >= 4 is 11.4 Å². The van der Waals surface area contributed by atoms with Gasteiger partial charge >= 0.3 is 0 Å². The van der Waals surface area contributed by atoms with Gasteiger partial charge in [-0.15, -0.1) is 0 Å². The van der Waals surface area contributed by atoms with Gasteiger partial charge in [0, 0.05) is 37.0 Å². The first-order valence-electron chi connectivity index (χ1n) is 5.42. The molecular formula is C12H18N2O. The number of rotatable bonds is 2. The molecule has 15 heavy (non-hydrogen) atoms. The van der Waals surface area contributed by atoms with Crippen molar-refractivity contribution in [3.63, 3.8) is 0 Å². The maximum Gasteiger partial charge on any atom is 0.0476 e. The second-order valence-corrected chi connectivity index (χ2v) is 4.39. The van der Waals surface area contributed by atoms with E-state index < -0.39 is 0 Å². The first kappa shape index (κ1) is 10.3. The van der Waals surface area contributed by atoms with Crippen molar-refractivity contribution in [3.05, 3.63) is 23.8 Å². The Balaban J connectivity index is 2.16. The first-order chi connectivity index (χ1) is 7.19. The molecule has 1 saturated heterocycles. The number of nitrogen functional groups attached to an aromatic ring is 1. The fourth-order valence-electron chi connectivity index (χ4n) is 2.19. The van der Waals surface area contributed by atoms with Crippen molar-refractivity contribution in [1.82, 2.24) is 0 Å². The van der Waals surface area contributed by atoms with E-state index in [2.05, 4.69) is 17.9 Å². The van der Waals surface area contributed by atoms with Crippen LogP contribution in [0.3, 0.4) is 0 Å². The number of hydrogen-bond donors (Lipinski definition) is 2. The number of nitrogens with two attached hydrogens (primary N) is 1. The van der Waals surface area contributed by atoms with E-state index in [0.29, 0.717) is 5.92 Å². The number of nitrogens with zero attached hydrogens (tertiary/aromatic N) is 1. The molecule has 1 aliphatic rings. The predicted molar refractivity (Wildman–Crippen MR) is 63.0 cm³/mol. The monoisotopic (exact) mass is 206 g/mol. The average Bonchev–Trinajstić information content (AvgIpc) is 2.64. The van der Waals surface area contributed by atoms with Gasteiger partial charge < -0.3 is 15.7 Å². The van der Waals surface area contributed by atoms with E-state index in [4.69, 9.17) is 10.8 Å². The summed E-state index contributed by atoms with van der Waals surface area (Å²) < 4.78 is 0.